The number of rotatable bonds is 5. The molecule has 18 heavy (non-hydrogen) atoms. The Morgan fingerprint density at radius 1 is 1.28 bits per heavy atom. The molecule has 100 valence electrons. The van der Waals surface area contributed by atoms with Crippen LogP contribution in [0.4, 0.5) is 0 Å². The minimum absolute atomic E-state index is 0.295. The number of nitrogens with zero attached hydrogens (tertiary/aromatic N) is 1. The number of aliphatic hydroxyl groups excluding tert-OH is 1. The second-order valence-electron chi connectivity index (χ2n) is 4.76. The van der Waals surface area contributed by atoms with Crippen LogP contribution in [-0.2, 0) is 6.42 Å². The second kappa shape index (κ2) is 6.73. The van der Waals surface area contributed by atoms with E-state index >= 15 is 0 Å². The van der Waals surface area contributed by atoms with Crippen molar-refractivity contribution >= 4 is 0 Å². The molecule has 1 atom stereocenters. The molecular weight excluding hydrogens is 228 g/mol. The van der Waals surface area contributed by atoms with E-state index in [1.54, 1.807) is 7.11 Å². The van der Waals surface area contributed by atoms with Gasteiger partial charge in [0.25, 0.3) is 0 Å². The van der Waals surface area contributed by atoms with Gasteiger partial charge in [0.2, 0.25) is 0 Å². The van der Waals surface area contributed by atoms with Gasteiger partial charge in [0.05, 0.1) is 13.2 Å². The van der Waals surface area contributed by atoms with E-state index in [1.165, 1.54) is 0 Å². The molecule has 4 nitrogen and oxygen atoms in total. The zero-order chi connectivity index (χ0) is 12.8. The Labute approximate surface area is 109 Å². The Morgan fingerprint density at radius 3 is 2.56 bits per heavy atom. The van der Waals surface area contributed by atoms with Crippen molar-refractivity contribution in [2.75, 3.05) is 39.8 Å². The first kappa shape index (κ1) is 13.3. The molecule has 1 aromatic rings. The molecule has 1 fully saturated rings. The van der Waals surface area contributed by atoms with Gasteiger partial charge in [0, 0.05) is 32.7 Å². The van der Waals surface area contributed by atoms with Crippen molar-refractivity contribution in [2.45, 2.75) is 12.5 Å². The minimum Gasteiger partial charge on any atom is -0.497 e. The zero-order valence-electron chi connectivity index (χ0n) is 10.9. The van der Waals surface area contributed by atoms with Gasteiger partial charge < -0.3 is 15.2 Å². The van der Waals surface area contributed by atoms with Gasteiger partial charge in [0.15, 0.2) is 0 Å². The van der Waals surface area contributed by atoms with Gasteiger partial charge in [-0.25, -0.2) is 0 Å². The Bertz CT molecular complexity index is 347. The molecule has 1 saturated heterocycles. The van der Waals surface area contributed by atoms with Gasteiger partial charge in [0.1, 0.15) is 5.75 Å². The topological polar surface area (TPSA) is 44.7 Å². The van der Waals surface area contributed by atoms with Crippen LogP contribution in [0.5, 0.6) is 5.75 Å². The van der Waals surface area contributed by atoms with Crippen molar-refractivity contribution in [3.8, 4) is 5.75 Å². The summed E-state index contributed by atoms with van der Waals surface area (Å²) in [7, 11) is 1.66. The van der Waals surface area contributed by atoms with E-state index in [2.05, 4.69) is 10.2 Å². The van der Waals surface area contributed by atoms with Crippen LogP contribution in [0.25, 0.3) is 0 Å². The van der Waals surface area contributed by atoms with E-state index in [-0.39, 0.29) is 6.10 Å². The van der Waals surface area contributed by atoms with Crippen LogP contribution < -0.4 is 10.1 Å². The number of β-amino-alcohol motifs (C(OH)–C–C–N with tert-alkyl or cyclic N) is 1. The fourth-order valence-corrected chi connectivity index (χ4v) is 2.29. The molecule has 0 radical (unpaired) electrons. The molecule has 0 aliphatic carbocycles. The van der Waals surface area contributed by atoms with E-state index in [0.29, 0.717) is 6.42 Å². The van der Waals surface area contributed by atoms with Gasteiger partial charge in [-0.05, 0) is 24.1 Å². The highest BCUT2D eigenvalue weighted by molar-refractivity contribution is 5.27. The highest BCUT2D eigenvalue weighted by atomic mass is 16.5. The molecule has 0 spiro atoms. The fourth-order valence-electron chi connectivity index (χ4n) is 2.29. The summed E-state index contributed by atoms with van der Waals surface area (Å²) >= 11 is 0. The van der Waals surface area contributed by atoms with Crippen LogP contribution in [0.2, 0.25) is 0 Å². The van der Waals surface area contributed by atoms with E-state index in [9.17, 15) is 5.11 Å². The molecule has 0 saturated carbocycles. The second-order valence-corrected chi connectivity index (χ2v) is 4.76. The molecule has 0 aromatic heterocycles. The molecule has 1 aliphatic heterocycles. The lowest BCUT2D eigenvalue weighted by molar-refractivity contribution is 0.105. The molecule has 2 rings (SSSR count). The number of hydrogen-bond acceptors (Lipinski definition) is 4. The lowest BCUT2D eigenvalue weighted by atomic mass is 10.1. The fraction of sp³-hybridized carbons (Fsp3) is 0.571. The van der Waals surface area contributed by atoms with Crippen molar-refractivity contribution in [2.24, 2.45) is 0 Å². The van der Waals surface area contributed by atoms with E-state index in [0.717, 1.165) is 44.0 Å². The monoisotopic (exact) mass is 250 g/mol. The molecule has 2 N–H and O–H groups in total. The van der Waals surface area contributed by atoms with Crippen molar-refractivity contribution < 1.29 is 9.84 Å². The van der Waals surface area contributed by atoms with Gasteiger partial charge in [-0.3, -0.25) is 4.90 Å². The first-order chi connectivity index (χ1) is 8.78. The first-order valence-corrected chi connectivity index (χ1v) is 6.52. The van der Waals surface area contributed by atoms with E-state index < -0.39 is 0 Å². The largest absolute Gasteiger partial charge is 0.497 e. The van der Waals surface area contributed by atoms with Crippen molar-refractivity contribution in [3.63, 3.8) is 0 Å². The van der Waals surface area contributed by atoms with Crippen molar-refractivity contribution in [3.05, 3.63) is 29.8 Å². The lowest BCUT2D eigenvalue weighted by Gasteiger charge is -2.29. The Balaban J connectivity index is 1.80. The third-order valence-electron chi connectivity index (χ3n) is 3.31. The summed E-state index contributed by atoms with van der Waals surface area (Å²) in [6.45, 7) is 4.86. The molecular formula is C14H22N2O2. The number of methoxy groups -OCH3 is 1. The number of benzene rings is 1. The molecule has 4 heteroatoms. The van der Waals surface area contributed by atoms with Gasteiger partial charge in [-0.15, -0.1) is 0 Å². The first-order valence-electron chi connectivity index (χ1n) is 6.52. The normalized spacial score (nSPS) is 18.6. The zero-order valence-corrected chi connectivity index (χ0v) is 10.9. The SMILES string of the molecule is COc1ccc(CC(O)CN2CCNCC2)cc1. The Kier molecular flexibility index (Phi) is 4.99. The van der Waals surface area contributed by atoms with E-state index in [1.807, 2.05) is 24.3 Å². The summed E-state index contributed by atoms with van der Waals surface area (Å²) in [4.78, 5) is 2.31. The highest BCUT2D eigenvalue weighted by Crippen LogP contribution is 2.13. The molecule has 1 heterocycles. The predicted octanol–water partition coefficient (Wildman–Crippen LogP) is 0.504. The number of piperazine rings is 1. The number of aliphatic hydroxyl groups is 1. The molecule has 1 aromatic carbocycles. The lowest BCUT2D eigenvalue weighted by Crippen LogP contribution is -2.46. The Hall–Kier alpha value is -1.10. The smallest absolute Gasteiger partial charge is 0.118 e. The van der Waals surface area contributed by atoms with Crippen LogP contribution in [0.15, 0.2) is 24.3 Å². The maximum Gasteiger partial charge on any atom is 0.118 e. The summed E-state index contributed by atoms with van der Waals surface area (Å²) in [5.41, 5.74) is 1.15. The summed E-state index contributed by atoms with van der Waals surface area (Å²) < 4.78 is 5.12. The summed E-state index contributed by atoms with van der Waals surface area (Å²) in [5, 5.41) is 13.4. The summed E-state index contributed by atoms with van der Waals surface area (Å²) in [5.74, 6) is 0.857. The molecule has 0 amide bonds. The molecule has 1 unspecified atom stereocenters. The van der Waals surface area contributed by atoms with Gasteiger partial charge >= 0.3 is 0 Å². The van der Waals surface area contributed by atoms with Crippen molar-refractivity contribution in [1.29, 1.82) is 0 Å². The molecule has 1 aliphatic rings. The minimum atomic E-state index is -0.295. The van der Waals surface area contributed by atoms with Crippen molar-refractivity contribution in [1.82, 2.24) is 10.2 Å². The van der Waals surface area contributed by atoms with Crippen LogP contribution in [0, 0.1) is 0 Å². The highest BCUT2D eigenvalue weighted by Gasteiger charge is 2.14. The van der Waals surface area contributed by atoms with Crippen LogP contribution in [0.1, 0.15) is 5.56 Å². The van der Waals surface area contributed by atoms with E-state index in [4.69, 9.17) is 4.74 Å². The van der Waals surface area contributed by atoms with Crippen LogP contribution >= 0.6 is 0 Å². The van der Waals surface area contributed by atoms with Gasteiger partial charge in [-0.2, -0.15) is 0 Å². The average Bonchev–Trinajstić information content (AvgIpc) is 2.40. The quantitative estimate of drug-likeness (QED) is 0.799. The number of nitrogens with one attached hydrogen (secondary N) is 1. The number of hydrogen-bond donors (Lipinski definition) is 2. The third kappa shape index (κ3) is 3.98. The van der Waals surface area contributed by atoms with Gasteiger partial charge in [-0.1, -0.05) is 12.1 Å². The van der Waals surface area contributed by atoms with Crippen LogP contribution in [-0.4, -0.2) is 55.9 Å². The summed E-state index contributed by atoms with van der Waals surface area (Å²) in [6, 6.07) is 7.90. The maximum atomic E-state index is 10.1. The molecule has 0 bridgehead atoms. The predicted molar refractivity (Wildman–Crippen MR) is 72.0 cm³/mol. The third-order valence-corrected chi connectivity index (χ3v) is 3.31. The summed E-state index contributed by atoms with van der Waals surface area (Å²) in [6.07, 6.45) is 0.407. The standard InChI is InChI=1S/C14H22N2O2/c1-18-14-4-2-12(3-5-14)10-13(17)11-16-8-6-15-7-9-16/h2-5,13,15,17H,6-11H2,1H3. The maximum absolute atomic E-state index is 10.1. The Morgan fingerprint density at radius 2 is 1.94 bits per heavy atom. The van der Waals surface area contributed by atoms with Crippen LogP contribution in [0.3, 0.4) is 0 Å². The number of ether oxygens (including phenoxy) is 1. The average molecular weight is 250 g/mol.